The monoisotopic (exact) mass is 314 g/mol. The molecule has 0 heterocycles. The molecule has 0 atom stereocenters. The fourth-order valence-electron chi connectivity index (χ4n) is 1.82. The molecule has 1 amide bonds. The lowest BCUT2D eigenvalue weighted by Crippen LogP contribution is -2.11. The van der Waals surface area contributed by atoms with Gasteiger partial charge < -0.3 is 10.1 Å². The SMILES string of the molecule is CCC(=O)Nc1ccc(OC(=O)c2ccccc2[N+](=O)[O-])cc1. The molecule has 0 fully saturated rings. The lowest BCUT2D eigenvalue weighted by Gasteiger charge is -2.07. The maximum atomic E-state index is 12.1. The quantitative estimate of drug-likeness (QED) is 0.395. The van der Waals surface area contributed by atoms with Gasteiger partial charge in [-0.05, 0) is 30.3 Å². The van der Waals surface area contributed by atoms with Crippen molar-refractivity contribution in [2.45, 2.75) is 13.3 Å². The number of nitrogens with one attached hydrogen (secondary N) is 1. The normalized spacial score (nSPS) is 9.96. The number of hydrogen-bond donors (Lipinski definition) is 1. The second kappa shape index (κ2) is 7.17. The van der Waals surface area contributed by atoms with Gasteiger partial charge in [-0.2, -0.15) is 0 Å². The lowest BCUT2D eigenvalue weighted by molar-refractivity contribution is -0.385. The predicted octanol–water partition coefficient (Wildman–Crippen LogP) is 3.16. The molecule has 2 aromatic rings. The molecule has 0 radical (unpaired) electrons. The number of carbonyl (C=O) groups excluding carboxylic acids is 2. The molecule has 7 nitrogen and oxygen atoms in total. The van der Waals surface area contributed by atoms with E-state index in [1.54, 1.807) is 19.1 Å². The average molecular weight is 314 g/mol. The zero-order valence-corrected chi connectivity index (χ0v) is 12.3. The third kappa shape index (κ3) is 4.13. The second-order valence-corrected chi connectivity index (χ2v) is 4.59. The topological polar surface area (TPSA) is 98.5 Å². The molecule has 0 aliphatic carbocycles. The Morgan fingerprint density at radius 3 is 2.39 bits per heavy atom. The van der Waals surface area contributed by atoms with Gasteiger partial charge in [0.05, 0.1) is 4.92 Å². The van der Waals surface area contributed by atoms with Crippen LogP contribution in [0.2, 0.25) is 0 Å². The van der Waals surface area contributed by atoms with Gasteiger partial charge in [0.2, 0.25) is 5.91 Å². The van der Waals surface area contributed by atoms with E-state index in [0.29, 0.717) is 12.1 Å². The van der Waals surface area contributed by atoms with Gasteiger partial charge in [0.15, 0.2) is 0 Å². The molecule has 2 aromatic carbocycles. The highest BCUT2D eigenvalue weighted by molar-refractivity contribution is 5.95. The maximum absolute atomic E-state index is 12.1. The van der Waals surface area contributed by atoms with Crippen LogP contribution in [0.5, 0.6) is 5.75 Å². The summed E-state index contributed by atoms with van der Waals surface area (Å²) in [6, 6.07) is 11.7. The fraction of sp³-hybridized carbons (Fsp3) is 0.125. The summed E-state index contributed by atoms with van der Waals surface area (Å²) in [6.45, 7) is 1.73. The molecular weight excluding hydrogens is 300 g/mol. The van der Waals surface area contributed by atoms with Crippen molar-refractivity contribution in [1.82, 2.24) is 0 Å². The van der Waals surface area contributed by atoms with Gasteiger partial charge in [0, 0.05) is 18.2 Å². The van der Waals surface area contributed by atoms with Crippen molar-refractivity contribution in [3.8, 4) is 5.75 Å². The van der Waals surface area contributed by atoms with Gasteiger partial charge in [-0.1, -0.05) is 19.1 Å². The number of carbonyl (C=O) groups is 2. The first-order valence-corrected chi connectivity index (χ1v) is 6.86. The number of nitro groups is 1. The van der Waals surface area contributed by atoms with Gasteiger partial charge in [-0.25, -0.2) is 4.79 Å². The van der Waals surface area contributed by atoms with Crippen LogP contribution in [-0.4, -0.2) is 16.8 Å². The molecule has 23 heavy (non-hydrogen) atoms. The highest BCUT2D eigenvalue weighted by Gasteiger charge is 2.20. The Labute approximate surface area is 132 Å². The van der Waals surface area contributed by atoms with Crippen LogP contribution >= 0.6 is 0 Å². The number of ether oxygens (including phenoxy) is 1. The summed E-state index contributed by atoms with van der Waals surface area (Å²) in [5, 5.41) is 13.6. The van der Waals surface area contributed by atoms with Crippen molar-refractivity contribution < 1.29 is 19.2 Å². The van der Waals surface area contributed by atoms with E-state index in [1.165, 1.54) is 36.4 Å². The van der Waals surface area contributed by atoms with Crippen molar-refractivity contribution in [3.05, 3.63) is 64.2 Å². The van der Waals surface area contributed by atoms with E-state index < -0.39 is 10.9 Å². The van der Waals surface area contributed by atoms with E-state index in [4.69, 9.17) is 4.74 Å². The zero-order chi connectivity index (χ0) is 16.8. The maximum Gasteiger partial charge on any atom is 0.350 e. The van der Waals surface area contributed by atoms with E-state index in [2.05, 4.69) is 5.32 Å². The van der Waals surface area contributed by atoms with Crippen LogP contribution in [0.1, 0.15) is 23.7 Å². The minimum atomic E-state index is -0.817. The Hall–Kier alpha value is -3.22. The number of esters is 1. The van der Waals surface area contributed by atoms with E-state index in [-0.39, 0.29) is 22.9 Å². The van der Waals surface area contributed by atoms with E-state index in [9.17, 15) is 19.7 Å². The Balaban J connectivity index is 2.12. The highest BCUT2D eigenvalue weighted by Crippen LogP contribution is 2.21. The number of amides is 1. The molecule has 0 unspecified atom stereocenters. The van der Waals surface area contributed by atoms with Crippen LogP contribution in [0.4, 0.5) is 11.4 Å². The van der Waals surface area contributed by atoms with Crippen LogP contribution < -0.4 is 10.1 Å². The molecule has 0 bridgehead atoms. The van der Waals surface area contributed by atoms with Crippen LogP contribution in [0.3, 0.4) is 0 Å². The Bertz CT molecular complexity index is 740. The van der Waals surface area contributed by atoms with Gasteiger partial charge in [0.25, 0.3) is 5.69 Å². The van der Waals surface area contributed by atoms with Crippen molar-refractivity contribution in [3.63, 3.8) is 0 Å². The van der Waals surface area contributed by atoms with Crippen LogP contribution in [0.15, 0.2) is 48.5 Å². The molecule has 0 saturated heterocycles. The van der Waals surface area contributed by atoms with E-state index >= 15 is 0 Å². The first-order chi connectivity index (χ1) is 11.0. The molecule has 0 aromatic heterocycles. The van der Waals surface area contributed by atoms with E-state index in [0.717, 1.165) is 0 Å². The van der Waals surface area contributed by atoms with Gasteiger partial charge in [-0.3, -0.25) is 14.9 Å². The second-order valence-electron chi connectivity index (χ2n) is 4.59. The first kappa shape index (κ1) is 16.2. The third-order valence-electron chi connectivity index (χ3n) is 2.99. The summed E-state index contributed by atoms with van der Waals surface area (Å²) in [4.78, 5) is 33.6. The van der Waals surface area contributed by atoms with Crippen LogP contribution in [-0.2, 0) is 4.79 Å². The van der Waals surface area contributed by atoms with Crippen molar-refractivity contribution in [2.75, 3.05) is 5.32 Å². The predicted molar refractivity (Wildman–Crippen MR) is 83.4 cm³/mol. The summed E-state index contributed by atoms with van der Waals surface area (Å²) in [7, 11) is 0. The van der Waals surface area contributed by atoms with Crippen molar-refractivity contribution in [1.29, 1.82) is 0 Å². The third-order valence-corrected chi connectivity index (χ3v) is 2.99. The summed E-state index contributed by atoms with van der Waals surface area (Å²) in [6.07, 6.45) is 0.356. The molecule has 0 saturated carbocycles. The molecule has 7 heteroatoms. The summed E-state index contributed by atoms with van der Waals surface area (Å²) < 4.78 is 5.12. The van der Waals surface area contributed by atoms with E-state index in [1.807, 2.05) is 0 Å². The Morgan fingerprint density at radius 2 is 1.78 bits per heavy atom. The molecule has 0 spiro atoms. The number of nitrogens with zero attached hydrogens (tertiary/aromatic N) is 1. The van der Waals surface area contributed by atoms with Gasteiger partial charge >= 0.3 is 5.97 Å². The summed E-state index contributed by atoms with van der Waals surface area (Å²) in [5.41, 5.74) is 0.132. The minimum Gasteiger partial charge on any atom is -0.423 e. The molecule has 0 aliphatic heterocycles. The number of hydrogen-bond acceptors (Lipinski definition) is 5. The molecule has 0 aliphatic rings. The first-order valence-electron chi connectivity index (χ1n) is 6.86. The lowest BCUT2D eigenvalue weighted by atomic mass is 10.2. The van der Waals surface area contributed by atoms with Crippen LogP contribution in [0.25, 0.3) is 0 Å². The van der Waals surface area contributed by atoms with Crippen molar-refractivity contribution in [2.24, 2.45) is 0 Å². The molecule has 118 valence electrons. The van der Waals surface area contributed by atoms with Crippen LogP contribution in [0, 0.1) is 10.1 Å². The smallest absolute Gasteiger partial charge is 0.350 e. The largest absolute Gasteiger partial charge is 0.423 e. The number of rotatable bonds is 5. The number of benzene rings is 2. The van der Waals surface area contributed by atoms with Gasteiger partial charge in [0.1, 0.15) is 11.3 Å². The standard InChI is InChI=1S/C16H14N2O5/c1-2-15(19)17-11-7-9-12(10-8-11)23-16(20)13-5-3-4-6-14(13)18(21)22/h3-10H,2H2,1H3,(H,17,19). The summed E-state index contributed by atoms with van der Waals surface area (Å²) >= 11 is 0. The molecular formula is C16H14N2O5. The Morgan fingerprint density at radius 1 is 1.13 bits per heavy atom. The average Bonchev–Trinajstić information content (AvgIpc) is 2.56. The van der Waals surface area contributed by atoms with Crippen molar-refractivity contribution >= 4 is 23.3 Å². The molecule has 2 rings (SSSR count). The Kier molecular flexibility index (Phi) is 5.03. The van der Waals surface area contributed by atoms with Gasteiger partial charge in [-0.15, -0.1) is 0 Å². The molecule has 1 N–H and O–H groups in total. The summed E-state index contributed by atoms with van der Waals surface area (Å²) in [5.74, 6) is -0.722. The number of para-hydroxylation sites is 1. The zero-order valence-electron chi connectivity index (χ0n) is 12.3. The highest BCUT2D eigenvalue weighted by atomic mass is 16.6. The minimum absolute atomic E-state index is 0.124. The fourth-order valence-corrected chi connectivity index (χ4v) is 1.82. The number of nitro benzene ring substituents is 1. The number of anilines is 1.